The highest BCUT2D eigenvalue weighted by atomic mass is 79.9. The molecule has 158 valence electrons. The molecule has 0 aromatic heterocycles. The van der Waals surface area contributed by atoms with Crippen molar-refractivity contribution in [1.29, 1.82) is 0 Å². The van der Waals surface area contributed by atoms with Gasteiger partial charge in [-0.1, -0.05) is 53.4 Å². The molecule has 1 aliphatic carbocycles. The smallest absolute Gasteiger partial charge is 0.248 e. The van der Waals surface area contributed by atoms with Crippen LogP contribution >= 0.6 is 27.7 Å². The van der Waals surface area contributed by atoms with Gasteiger partial charge in [0.1, 0.15) is 0 Å². The van der Waals surface area contributed by atoms with Crippen LogP contribution in [0.15, 0.2) is 21.6 Å². The molecule has 1 aromatic carbocycles. The molecule has 0 bridgehead atoms. The molecule has 4 rings (SSSR count). The largest absolute Gasteiger partial charge is 0.315 e. The number of rotatable bonds is 4. The van der Waals surface area contributed by atoms with Crippen LogP contribution < -0.4 is 4.90 Å². The number of anilines is 1. The number of fused-ring (bicyclic) bond motifs is 1. The number of sulfone groups is 1. The van der Waals surface area contributed by atoms with Gasteiger partial charge >= 0.3 is 0 Å². The molecule has 3 aliphatic rings. The molecule has 2 heterocycles. The van der Waals surface area contributed by atoms with E-state index < -0.39 is 9.84 Å². The molecule has 29 heavy (non-hydrogen) atoms. The van der Waals surface area contributed by atoms with E-state index in [1.165, 1.54) is 37.4 Å². The van der Waals surface area contributed by atoms with Crippen LogP contribution in [0.5, 0.6) is 0 Å². The summed E-state index contributed by atoms with van der Waals surface area (Å²) in [7, 11) is -3.07. The predicted molar refractivity (Wildman–Crippen MR) is 124 cm³/mol. The number of benzene rings is 1. The average Bonchev–Trinajstić information content (AvgIpc) is 3.29. The second-order valence-corrected chi connectivity index (χ2v) is 12.8. The Labute approximate surface area is 185 Å². The maximum Gasteiger partial charge on any atom is 0.248 e. The highest BCUT2D eigenvalue weighted by Crippen LogP contribution is 2.43. The van der Waals surface area contributed by atoms with E-state index in [1.54, 1.807) is 0 Å². The van der Waals surface area contributed by atoms with Gasteiger partial charge in [-0.05, 0) is 49.4 Å². The van der Waals surface area contributed by atoms with Crippen LogP contribution in [0, 0.1) is 19.8 Å². The number of amides is 1. The number of hydrogen-bond acceptors (Lipinski definition) is 4. The molecular formula is C21H27BrN2O3S2. The maximum atomic E-state index is 12.7. The van der Waals surface area contributed by atoms with Crippen LogP contribution in [-0.4, -0.2) is 42.3 Å². The number of carbonyl (C=O) groups excluding carboxylic acids is 1. The Bertz CT molecular complexity index is 932. The summed E-state index contributed by atoms with van der Waals surface area (Å²) in [6, 6.07) is 3.90. The molecule has 0 radical (unpaired) electrons. The van der Waals surface area contributed by atoms with Crippen molar-refractivity contribution in [2.45, 2.75) is 63.7 Å². The third kappa shape index (κ3) is 4.59. The second kappa shape index (κ2) is 8.35. The highest BCUT2D eigenvalue weighted by Gasteiger charge is 2.50. The van der Waals surface area contributed by atoms with Crippen molar-refractivity contribution in [3.63, 3.8) is 0 Å². The number of amidine groups is 1. The Morgan fingerprint density at radius 1 is 1.21 bits per heavy atom. The summed E-state index contributed by atoms with van der Waals surface area (Å²) in [6.07, 6.45) is 6.40. The van der Waals surface area contributed by atoms with Gasteiger partial charge in [0, 0.05) is 21.8 Å². The van der Waals surface area contributed by atoms with E-state index >= 15 is 0 Å². The molecule has 2 saturated heterocycles. The average molecular weight is 499 g/mol. The van der Waals surface area contributed by atoms with Gasteiger partial charge in [-0.15, -0.1) is 0 Å². The van der Waals surface area contributed by atoms with Crippen molar-refractivity contribution in [3.8, 4) is 0 Å². The quantitative estimate of drug-likeness (QED) is 0.604. The number of halogens is 1. The Kier molecular flexibility index (Phi) is 6.15. The fourth-order valence-corrected chi connectivity index (χ4v) is 9.50. The number of thioether (sulfide) groups is 1. The van der Waals surface area contributed by atoms with Gasteiger partial charge in [-0.2, -0.15) is 4.99 Å². The lowest BCUT2D eigenvalue weighted by atomic mass is 10.0. The lowest BCUT2D eigenvalue weighted by Crippen LogP contribution is -2.38. The fourth-order valence-electron chi connectivity index (χ4n) is 4.90. The van der Waals surface area contributed by atoms with Gasteiger partial charge in [0.2, 0.25) is 5.91 Å². The molecule has 3 fully saturated rings. The minimum absolute atomic E-state index is 0.0659. The molecule has 0 N–H and O–H groups in total. The lowest BCUT2D eigenvalue weighted by Gasteiger charge is -2.28. The van der Waals surface area contributed by atoms with Crippen LogP contribution in [0.2, 0.25) is 0 Å². The Hall–Kier alpha value is -0.860. The molecule has 8 heteroatoms. The van der Waals surface area contributed by atoms with Crippen molar-refractivity contribution in [3.05, 3.63) is 27.7 Å². The number of nitrogens with zero attached hydrogens (tertiary/aromatic N) is 2. The van der Waals surface area contributed by atoms with Gasteiger partial charge < -0.3 is 4.90 Å². The maximum absolute atomic E-state index is 12.7. The van der Waals surface area contributed by atoms with Crippen molar-refractivity contribution in [2.75, 3.05) is 16.4 Å². The Morgan fingerprint density at radius 3 is 2.52 bits per heavy atom. The van der Waals surface area contributed by atoms with Crippen molar-refractivity contribution >= 4 is 54.3 Å². The first-order valence-corrected chi connectivity index (χ1v) is 13.8. The van der Waals surface area contributed by atoms with Crippen LogP contribution in [0.25, 0.3) is 0 Å². The molecule has 0 spiro atoms. The fraction of sp³-hybridized carbons (Fsp3) is 0.619. The summed E-state index contributed by atoms with van der Waals surface area (Å²) in [5.41, 5.74) is 3.08. The minimum Gasteiger partial charge on any atom is -0.315 e. The summed E-state index contributed by atoms with van der Waals surface area (Å²) in [4.78, 5) is 19.2. The zero-order valence-electron chi connectivity index (χ0n) is 16.9. The first kappa shape index (κ1) is 21.4. The van der Waals surface area contributed by atoms with Gasteiger partial charge in [0.05, 0.1) is 17.5 Å². The molecule has 2 atom stereocenters. The second-order valence-electron chi connectivity index (χ2n) is 8.54. The van der Waals surface area contributed by atoms with E-state index in [-0.39, 0.29) is 28.7 Å². The number of hydrogen-bond donors (Lipinski definition) is 0. The van der Waals surface area contributed by atoms with Crippen LogP contribution in [-0.2, 0) is 14.6 Å². The first-order chi connectivity index (χ1) is 13.7. The van der Waals surface area contributed by atoms with Gasteiger partial charge in [0.15, 0.2) is 15.0 Å². The van der Waals surface area contributed by atoms with Crippen LogP contribution in [0.1, 0.15) is 49.7 Å². The summed E-state index contributed by atoms with van der Waals surface area (Å²) < 4.78 is 25.5. The lowest BCUT2D eigenvalue weighted by molar-refractivity contribution is -0.118. The molecule has 1 amide bonds. The van der Waals surface area contributed by atoms with Gasteiger partial charge in [0.25, 0.3) is 0 Å². The van der Waals surface area contributed by atoms with Gasteiger partial charge in [-0.3, -0.25) is 4.79 Å². The summed E-state index contributed by atoms with van der Waals surface area (Å²) >= 11 is 4.99. The number of carbonyl (C=O) groups is 1. The third-order valence-corrected chi connectivity index (χ3v) is 9.89. The van der Waals surface area contributed by atoms with Crippen molar-refractivity contribution in [1.82, 2.24) is 0 Å². The topological polar surface area (TPSA) is 66.8 Å². The standard InChI is InChI=1S/C21H27BrN2O3S2/c1-13-9-16(22)10-14(2)20(13)24-17-11-29(26,27)12-18(17)28-21(24)23-19(25)8-7-15-5-3-4-6-15/h9-10,15,17-18H,3-8,11-12H2,1-2H3/t17-,18+/m1/s1. The van der Waals surface area contributed by atoms with Gasteiger partial charge in [-0.25, -0.2) is 8.42 Å². The van der Waals surface area contributed by atoms with Crippen molar-refractivity contribution < 1.29 is 13.2 Å². The summed E-state index contributed by atoms with van der Waals surface area (Å²) in [5.74, 6) is 0.851. The Balaban J connectivity index is 1.63. The monoisotopic (exact) mass is 498 g/mol. The van der Waals surface area contributed by atoms with E-state index in [1.807, 2.05) is 30.9 Å². The Morgan fingerprint density at radius 2 is 1.86 bits per heavy atom. The van der Waals surface area contributed by atoms with E-state index in [9.17, 15) is 13.2 Å². The molecule has 1 aromatic rings. The van der Waals surface area contributed by atoms with Crippen LogP contribution in [0.3, 0.4) is 0 Å². The van der Waals surface area contributed by atoms with E-state index in [4.69, 9.17) is 0 Å². The molecule has 0 unspecified atom stereocenters. The molecule has 5 nitrogen and oxygen atoms in total. The predicted octanol–water partition coefficient (Wildman–Crippen LogP) is 4.64. The molecule has 1 saturated carbocycles. The summed E-state index contributed by atoms with van der Waals surface area (Å²) in [5, 5.41) is 0.601. The van der Waals surface area contributed by atoms with E-state index in [0.29, 0.717) is 17.5 Å². The van der Waals surface area contributed by atoms with E-state index in [2.05, 4.69) is 20.9 Å². The highest BCUT2D eigenvalue weighted by molar-refractivity contribution is 9.10. The van der Waals surface area contributed by atoms with Crippen molar-refractivity contribution in [2.24, 2.45) is 10.9 Å². The SMILES string of the molecule is Cc1cc(Br)cc(C)c1N1C(=NC(=O)CCC2CCCC2)S[C@H]2CS(=O)(=O)C[C@H]21. The zero-order chi connectivity index (χ0) is 20.8. The third-order valence-electron chi connectivity index (χ3n) is 6.22. The number of aryl methyl sites for hydroxylation is 2. The zero-order valence-corrected chi connectivity index (χ0v) is 20.1. The normalized spacial score (nSPS) is 27.7. The van der Waals surface area contributed by atoms with E-state index in [0.717, 1.165) is 27.7 Å². The molecular weight excluding hydrogens is 472 g/mol. The van der Waals surface area contributed by atoms with Crippen LogP contribution in [0.4, 0.5) is 5.69 Å². The first-order valence-electron chi connectivity index (χ1n) is 10.3. The molecule has 2 aliphatic heterocycles. The minimum atomic E-state index is -3.07. The summed E-state index contributed by atoms with van der Waals surface area (Å²) in [6.45, 7) is 4.04. The number of aliphatic imine (C=N–C) groups is 1.